The molecule has 1 saturated heterocycles. The van der Waals surface area contributed by atoms with E-state index in [1.807, 2.05) is 0 Å². The van der Waals surface area contributed by atoms with E-state index in [0.29, 0.717) is 0 Å². The third-order valence-corrected chi connectivity index (χ3v) is 0.744. The van der Waals surface area contributed by atoms with Crippen LogP contribution in [0.3, 0.4) is 0 Å². The van der Waals surface area contributed by atoms with Crippen molar-refractivity contribution in [2.24, 2.45) is 0 Å². The number of hydrogen-bond donors (Lipinski definition) is 0. The molecule has 3 nitrogen and oxygen atoms in total. The Hall–Kier alpha value is 1.17. The van der Waals surface area contributed by atoms with Gasteiger partial charge in [-0.05, 0) is 0 Å². The van der Waals surface area contributed by atoms with Crippen molar-refractivity contribution in [3.05, 3.63) is 0 Å². The summed E-state index contributed by atoms with van der Waals surface area (Å²) in [5, 5.41) is 0. The Balaban J connectivity index is 0. The Kier molecular flexibility index (Phi) is 16.9. The van der Waals surface area contributed by atoms with Crippen LogP contribution in [0.1, 0.15) is 0 Å². The largest absolute Gasteiger partial charge is 1.00 e. The molecule has 0 bridgehead atoms. The summed E-state index contributed by atoms with van der Waals surface area (Å²) in [5.74, 6) is 0. The Morgan fingerprint density at radius 3 is 1.22 bits per heavy atom. The summed E-state index contributed by atoms with van der Waals surface area (Å²) >= 11 is 3.39. The summed E-state index contributed by atoms with van der Waals surface area (Å²) in [7, 11) is 0. The first-order chi connectivity index (χ1) is 4.00. The quantitative estimate of drug-likeness (QED) is 0.348. The molecule has 0 aliphatic carbocycles. The van der Waals surface area contributed by atoms with E-state index in [1.165, 1.54) is 0 Å². The van der Waals surface area contributed by atoms with Crippen LogP contribution in [-0.4, -0.2) is 26.4 Å². The molecule has 5 heteroatoms. The molecule has 1 aliphatic heterocycles. The normalized spacial score (nSPS) is 16.7. The smallest absolute Gasteiger partial charge is 0.769 e. The third kappa shape index (κ3) is 9.17. The number of halogens is 1. The summed E-state index contributed by atoms with van der Waals surface area (Å²) in [6.07, 6.45) is 0. The molecule has 0 aromatic rings. The standard InChI is InChI=1S/C4H8O2.ClO.Na/c1-2-6-4-3-5-1;1-2;/h1-4H2;;/q;-1;+1. The van der Waals surface area contributed by atoms with Crippen molar-refractivity contribution in [3.63, 3.8) is 0 Å². The minimum Gasteiger partial charge on any atom is -0.769 e. The van der Waals surface area contributed by atoms with E-state index in [0.717, 1.165) is 26.4 Å². The van der Waals surface area contributed by atoms with Gasteiger partial charge in [-0.1, -0.05) is 0 Å². The minimum absolute atomic E-state index is 0. The predicted molar refractivity (Wildman–Crippen MR) is 27.5 cm³/mol. The van der Waals surface area contributed by atoms with Crippen LogP contribution in [0.5, 0.6) is 0 Å². The van der Waals surface area contributed by atoms with Crippen LogP contribution >= 0.6 is 11.9 Å². The molecular weight excluding hydrogens is 154 g/mol. The molecule has 0 atom stereocenters. The Bertz CT molecular complexity index is 31.3. The molecule has 1 aliphatic rings. The van der Waals surface area contributed by atoms with Gasteiger partial charge >= 0.3 is 29.6 Å². The fourth-order valence-electron chi connectivity index (χ4n) is 0.440. The van der Waals surface area contributed by atoms with Gasteiger partial charge < -0.3 is 14.1 Å². The van der Waals surface area contributed by atoms with Crippen molar-refractivity contribution in [1.82, 2.24) is 0 Å². The van der Waals surface area contributed by atoms with E-state index in [1.54, 1.807) is 0 Å². The average molecular weight is 163 g/mol. The Morgan fingerprint density at radius 2 is 1.11 bits per heavy atom. The molecule has 0 saturated carbocycles. The van der Waals surface area contributed by atoms with Gasteiger partial charge in [-0.25, -0.2) is 11.9 Å². The molecule has 0 radical (unpaired) electrons. The maximum absolute atomic E-state index is 7.72. The van der Waals surface area contributed by atoms with Gasteiger partial charge in [0.05, 0.1) is 26.4 Å². The molecule has 0 amide bonds. The van der Waals surface area contributed by atoms with E-state index in [9.17, 15) is 0 Å². The summed E-state index contributed by atoms with van der Waals surface area (Å²) < 4.78 is 17.6. The molecule has 9 heavy (non-hydrogen) atoms. The molecule has 1 heterocycles. The molecule has 1 fully saturated rings. The maximum Gasteiger partial charge on any atom is 1.00 e. The summed E-state index contributed by atoms with van der Waals surface area (Å²) in [6, 6.07) is 0. The first kappa shape index (κ1) is 12.8. The second-order valence-corrected chi connectivity index (χ2v) is 1.22. The summed E-state index contributed by atoms with van der Waals surface area (Å²) in [4.78, 5) is 0. The van der Waals surface area contributed by atoms with Crippen LogP contribution in [0.15, 0.2) is 0 Å². The third-order valence-electron chi connectivity index (χ3n) is 0.744. The van der Waals surface area contributed by atoms with Crippen molar-refractivity contribution in [2.45, 2.75) is 0 Å². The first-order valence-electron chi connectivity index (χ1n) is 2.31. The van der Waals surface area contributed by atoms with Crippen LogP contribution in [0.25, 0.3) is 0 Å². The van der Waals surface area contributed by atoms with Crippen LogP contribution in [0.2, 0.25) is 0 Å². The molecule has 0 N–H and O–H groups in total. The molecule has 0 unspecified atom stereocenters. The van der Waals surface area contributed by atoms with E-state index in [4.69, 9.17) is 14.1 Å². The van der Waals surface area contributed by atoms with Crippen molar-refractivity contribution in [2.75, 3.05) is 26.4 Å². The zero-order valence-electron chi connectivity index (χ0n) is 5.43. The molecule has 0 aromatic heterocycles. The van der Waals surface area contributed by atoms with Crippen molar-refractivity contribution >= 4 is 11.9 Å². The van der Waals surface area contributed by atoms with Crippen LogP contribution in [0.4, 0.5) is 0 Å². The monoisotopic (exact) mass is 162 g/mol. The summed E-state index contributed by atoms with van der Waals surface area (Å²) in [6.45, 7) is 3.11. The zero-order valence-corrected chi connectivity index (χ0v) is 8.19. The molecule has 0 spiro atoms. The van der Waals surface area contributed by atoms with Crippen molar-refractivity contribution in [3.8, 4) is 0 Å². The number of ether oxygens (including phenoxy) is 2. The maximum atomic E-state index is 7.72. The van der Waals surface area contributed by atoms with Gasteiger partial charge in [0.2, 0.25) is 0 Å². The second kappa shape index (κ2) is 11.9. The average Bonchev–Trinajstić information content (AvgIpc) is 1.96. The second-order valence-electron chi connectivity index (χ2n) is 1.22. The van der Waals surface area contributed by atoms with Gasteiger partial charge in [0.25, 0.3) is 0 Å². The Labute approximate surface area is 81.7 Å². The zero-order chi connectivity index (χ0) is 6.24. The van der Waals surface area contributed by atoms with Crippen LogP contribution in [0, 0.1) is 0 Å². The molecule has 1 rings (SSSR count). The number of hydrogen-bond acceptors (Lipinski definition) is 3. The van der Waals surface area contributed by atoms with E-state index in [-0.39, 0.29) is 29.6 Å². The minimum atomic E-state index is 0. The first-order valence-corrected chi connectivity index (χ1v) is 2.62. The van der Waals surface area contributed by atoms with E-state index >= 15 is 0 Å². The van der Waals surface area contributed by atoms with Crippen LogP contribution in [-0.2, 0) is 9.47 Å². The van der Waals surface area contributed by atoms with Gasteiger partial charge in [0.1, 0.15) is 0 Å². The van der Waals surface area contributed by atoms with E-state index < -0.39 is 0 Å². The van der Waals surface area contributed by atoms with Gasteiger partial charge in [0, 0.05) is 0 Å². The van der Waals surface area contributed by atoms with Crippen molar-refractivity contribution in [1.29, 1.82) is 0 Å². The fourth-order valence-corrected chi connectivity index (χ4v) is 0.440. The van der Waals surface area contributed by atoms with Gasteiger partial charge in [0.15, 0.2) is 0 Å². The Morgan fingerprint density at radius 1 is 0.889 bits per heavy atom. The fraction of sp³-hybridized carbons (Fsp3) is 1.00. The van der Waals surface area contributed by atoms with Gasteiger partial charge in [-0.2, -0.15) is 0 Å². The van der Waals surface area contributed by atoms with Gasteiger partial charge in [-0.15, -0.1) is 0 Å². The molecule has 0 aromatic carbocycles. The number of rotatable bonds is 0. The SMILES string of the molecule is C1COCCO1.[Na+].[O-]Cl. The van der Waals surface area contributed by atoms with Gasteiger partial charge in [-0.3, -0.25) is 0 Å². The molecule has 50 valence electrons. The topological polar surface area (TPSA) is 41.5 Å². The van der Waals surface area contributed by atoms with Crippen LogP contribution < -0.4 is 34.2 Å². The summed E-state index contributed by atoms with van der Waals surface area (Å²) in [5.41, 5.74) is 0. The van der Waals surface area contributed by atoms with E-state index in [2.05, 4.69) is 11.9 Å². The predicted octanol–water partition coefficient (Wildman–Crippen LogP) is -3.46. The van der Waals surface area contributed by atoms with Crippen molar-refractivity contribution < 1.29 is 43.7 Å². The molecular formula is C4H8ClNaO3.